The Hall–Kier alpha value is -1.94. The summed E-state index contributed by atoms with van der Waals surface area (Å²) < 4.78 is 13.1. The van der Waals surface area contributed by atoms with Gasteiger partial charge in [0.25, 0.3) is 0 Å². The summed E-state index contributed by atoms with van der Waals surface area (Å²) >= 11 is 0. The van der Waals surface area contributed by atoms with Crippen LogP contribution in [-0.4, -0.2) is 12.0 Å². The predicted molar refractivity (Wildman–Crippen MR) is 75.3 cm³/mol. The standard InChI is InChI=1S/C15H18FN3/c1-11(17)15-7-6-14(9-18-15)19(2)10-12-4-3-5-13(16)8-12/h3-9,11H,10,17H2,1-2H3. The molecule has 0 radical (unpaired) electrons. The van der Waals surface area contributed by atoms with Gasteiger partial charge < -0.3 is 10.6 Å². The van der Waals surface area contributed by atoms with Gasteiger partial charge in [-0.3, -0.25) is 4.98 Å². The summed E-state index contributed by atoms with van der Waals surface area (Å²) in [5, 5.41) is 0. The smallest absolute Gasteiger partial charge is 0.123 e. The first-order valence-electron chi connectivity index (χ1n) is 6.23. The molecular formula is C15H18FN3. The minimum Gasteiger partial charge on any atom is -0.369 e. The van der Waals surface area contributed by atoms with Gasteiger partial charge in [0.2, 0.25) is 0 Å². The first kappa shape index (κ1) is 13.5. The van der Waals surface area contributed by atoms with E-state index in [1.54, 1.807) is 18.3 Å². The number of rotatable bonds is 4. The SMILES string of the molecule is CC(N)c1ccc(N(C)Cc2cccc(F)c2)cn1. The van der Waals surface area contributed by atoms with E-state index in [0.717, 1.165) is 16.9 Å². The van der Waals surface area contributed by atoms with E-state index >= 15 is 0 Å². The fraction of sp³-hybridized carbons (Fsp3) is 0.267. The zero-order chi connectivity index (χ0) is 13.8. The van der Waals surface area contributed by atoms with E-state index in [1.807, 2.05) is 37.1 Å². The van der Waals surface area contributed by atoms with Crippen molar-refractivity contribution in [2.75, 3.05) is 11.9 Å². The van der Waals surface area contributed by atoms with Gasteiger partial charge in [0.05, 0.1) is 17.6 Å². The molecule has 0 saturated heterocycles. The van der Waals surface area contributed by atoms with Gasteiger partial charge in [-0.1, -0.05) is 12.1 Å². The molecule has 19 heavy (non-hydrogen) atoms. The number of halogens is 1. The molecule has 3 nitrogen and oxygen atoms in total. The number of hydrogen-bond donors (Lipinski definition) is 1. The maximum Gasteiger partial charge on any atom is 0.123 e. The lowest BCUT2D eigenvalue weighted by molar-refractivity contribution is 0.625. The molecule has 0 amide bonds. The van der Waals surface area contributed by atoms with Crippen molar-refractivity contribution < 1.29 is 4.39 Å². The Balaban J connectivity index is 2.09. The van der Waals surface area contributed by atoms with Crippen molar-refractivity contribution in [1.29, 1.82) is 0 Å². The third-order valence-corrected chi connectivity index (χ3v) is 2.99. The number of aromatic nitrogens is 1. The van der Waals surface area contributed by atoms with E-state index in [-0.39, 0.29) is 11.9 Å². The quantitative estimate of drug-likeness (QED) is 0.918. The molecule has 4 heteroatoms. The second-order valence-corrected chi connectivity index (χ2v) is 4.72. The van der Waals surface area contributed by atoms with Gasteiger partial charge in [-0.25, -0.2) is 4.39 Å². The Labute approximate surface area is 112 Å². The van der Waals surface area contributed by atoms with Crippen LogP contribution in [0.4, 0.5) is 10.1 Å². The molecule has 0 spiro atoms. The van der Waals surface area contributed by atoms with Gasteiger partial charge in [-0.15, -0.1) is 0 Å². The van der Waals surface area contributed by atoms with Crippen molar-refractivity contribution in [3.05, 3.63) is 59.7 Å². The van der Waals surface area contributed by atoms with Crippen LogP contribution in [0.3, 0.4) is 0 Å². The van der Waals surface area contributed by atoms with E-state index in [0.29, 0.717) is 6.54 Å². The summed E-state index contributed by atoms with van der Waals surface area (Å²) in [6.07, 6.45) is 1.79. The Morgan fingerprint density at radius 2 is 2.11 bits per heavy atom. The summed E-state index contributed by atoms with van der Waals surface area (Å²) in [4.78, 5) is 6.34. The van der Waals surface area contributed by atoms with Crippen LogP contribution in [0.25, 0.3) is 0 Å². The Morgan fingerprint density at radius 3 is 2.68 bits per heavy atom. The molecular weight excluding hydrogens is 241 g/mol. The van der Waals surface area contributed by atoms with Crippen molar-refractivity contribution >= 4 is 5.69 Å². The van der Waals surface area contributed by atoms with Gasteiger partial charge >= 0.3 is 0 Å². The topological polar surface area (TPSA) is 42.1 Å². The molecule has 0 saturated carbocycles. The van der Waals surface area contributed by atoms with Crippen molar-refractivity contribution in [3.63, 3.8) is 0 Å². The van der Waals surface area contributed by atoms with Crippen LogP contribution in [0.1, 0.15) is 24.2 Å². The summed E-state index contributed by atoms with van der Waals surface area (Å²) in [5.41, 5.74) is 8.54. The van der Waals surface area contributed by atoms with Gasteiger partial charge in [0.15, 0.2) is 0 Å². The molecule has 0 bridgehead atoms. The molecule has 2 aromatic rings. The minimum atomic E-state index is -0.212. The molecule has 2 N–H and O–H groups in total. The Bertz CT molecular complexity index is 537. The van der Waals surface area contributed by atoms with Crippen LogP contribution in [0, 0.1) is 5.82 Å². The van der Waals surface area contributed by atoms with Gasteiger partial charge in [-0.2, -0.15) is 0 Å². The Morgan fingerprint density at radius 1 is 1.32 bits per heavy atom. The number of pyridine rings is 1. The summed E-state index contributed by atoms with van der Waals surface area (Å²) in [5.74, 6) is -0.212. The average Bonchev–Trinajstić information content (AvgIpc) is 2.39. The van der Waals surface area contributed by atoms with Crippen molar-refractivity contribution in [3.8, 4) is 0 Å². The highest BCUT2D eigenvalue weighted by atomic mass is 19.1. The van der Waals surface area contributed by atoms with Gasteiger partial charge in [-0.05, 0) is 36.8 Å². The third-order valence-electron chi connectivity index (χ3n) is 2.99. The number of nitrogens with zero attached hydrogens (tertiary/aromatic N) is 2. The predicted octanol–water partition coefficient (Wildman–Crippen LogP) is 2.88. The maximum atomic E-state index is 13.1. The maximum absolute atomic E-state index is 13.1. The molecule has 0 fully saturated rings. The molecule has 1 heterocycles. The molecule has 1 aromatic heterocycles. The lowest BCUT2D eigenvalue weighted by atomic mass is 10.2. The van der Waals surface area contributed by atoms with Crippen LogP contribution in [0.5, 0.6) is 0 Å². The van der Waals surface area contributed by atoms with E-state index < -0.39 is 0 Å². The molecule has 0 aliphatic carbocycles. The highest BCUT2D eigenvalue weighted by molar-refractivity contribution is 5.44. The first-order chi connectivity index (χ1) is 9.06. The van der Waals surface area contributed by atoms with E-state index in [9.17, 15) is 4.39 Å². The van der Waals surface area contributed by atoms with Crippen LogP contribution >= 0.6 is 0 Å². The number of hydrogen-bond acceptors (Lipinski definition) is 3. The zero-order valence-corrected chi connectivity index (χ0v) is 11.2. The lowest BCUT2D eigenvalue weighted by Crippen LogP contribution is -2.17. The van der Waals surface area contributed by atoms with Gasteiger partial charge in [0.1, 0.15) is 5.82 Å². The van der Waals surface area contributed by atoms with Crippen molar-refractivity contribution in [2.24, 2.45) is 5.73 Å². The number of benzene rings is 1. The van der Waals surface area contributed by atoms with E-state index in [4.69, 9.17) is 5.73 Å². The molecule has 1 unspecified atom stereocenters. The van der Waals surface area contributed by atoms with Crippen LogP contribution < -0.4 is 10.6 Å². The van der Waals surface area contributed by atoms with Gasteiger partial charge in [0, 0.05) is 19.6 Å². The summed E-state index contributed by atoms with van der Waals surface area (Å²) in [7, 11) is 1.95. The average molecular weight is 259 g/mol. The monoisotopic (exact) mass is 259 g/mol. The van der Waals surface area contributed by atoms with Crippen LogP contribution in [-0.2, 0) is 6.54 Å². The fourth-order valence-corrected chi connectivity index (χ4v) is 1.89. The van der Waals surface area contributed by atoms with E-state index in [1.165, 1.54) is 6.07 Å². The molecule has 2 rings (SSSR count). The highest BCUT2D eigenvalue weighted by Crippen LogP contribution is 2.16. The molecule has 1 atom stereocenters. The fourth-order valence-electron chi connectivity index (χ4n) is 1.89. The highest BCUT2D eigenvalue weighted by Gasteiger charge is 2.05. The van der Waals surface area contributed by atoms with E-state index in [2.05, 4.69) is 4.98 Å². The largest absolute Gasteiger partial charge is 0.369 e. The summed E-state index contributed by atoms with van der Waals surface area (Å²) in [6.45, 7) is 2.54. The molecule has 0 aliphatic rings. The van der Waals surface area contributed by atoms with Crippen molar-refractivity contribution in [2.45, 2.75) is 19.5 Å². The van der Waals surface area contributed by atoms with Crippen LogP contribution in [0.15, 0.2) is 42.6 Å². The molecule has 1 aromatic carbocycles. The minimum absolute atomic E-state index is 0.0671. The van der Waals surface area contributed by atoms with Crippen LogP contribution in [0.2, 0.25) is 0 Å². The molecule has 100 valence electrons. The van der Waals surface area contributed by atoms with Crippen molar-refractivity contribution in [1.82, 2.24) is 4.98 Å². The third kappa shape index (κ3) is 3.51. The number of nitrogens with two attached hydrogens (primary N) is 1. The zero-order valence-electron chi connectivity index (χ0n) is 11.2. The lowest BCUT2D eigenvalue weighted by Gasteiger charge is -2.19. The Kier molecular flexibility index (Phi) is 4.12. The second-order valence-electron chi connectivity index (χ2n) is 4.72. The second kappa shape index (κ2) is 5.80. The first-order valence-corrected chi connectivity index (χ1v) is 6.23. The number of anilines is 1. The normalized spacial score (nSPS) is 12.2. The summed E-state index contributed by atoms with van der Waals surface area (Å²) in [6, 6.07) is 10.4. The molecule has 0 aliphatic heterocycles.